The molecule has 5 nitrogen and oxygen atoms in total. The Morgan fingerprint density at radius 3 is 2.50 bits per heavy atom. The Bertz CT molecular complexity index is 485. The molecular formula is C6H3Cl2NO4S. The standard InChI is InChI=1S/C6H3Cl2NO4S/c7-5-1-3(6(10)11)4(2-9-5)14(8,12)13/h1-2H,(H,10,11). The highest BCUT2D eigenvalue weighted by atomic mass is 35.7. The lowest BCUT2D eigenvalue weighted by atomic mass is 10.3. The van der Waals surface area contributed by atoms with E-state index in [9.17, 15) is 13.2 Å². The number of hydrogen-bond donors (Lipinski definition) is 1. The minimum Gasteiger partial charge on any atom is -0.478 e. The summed E-state index contributed by atoms with van der Waals surface area (Å²) >= 11 is 5.40. The molecular weight excluding hydrogens is 253 g/mol. The number of hydrogen-bond acceptors (Lipinski definition) is 4. The first-order valence-electron chi connectivity index (χ1n) is 3.16. The van der Waals surface area contributed by atoms with Gasteiger partial charge in [0.15, 0.2) is 0 Å². The van der Waals surface area contributed by atoms with E-state index in [0.717, 1.165) is 12.3 Å². The zero-order chi connectivity index (χ0) is 10.9. The van der Waals surface area contributed by atoms with Crippen LogP contribution in [0.15, 0.2) is 17.2 Å². The van der Waals surface area contributed by atoms with Gasteiger partial charge >= 0.3 is 5.97 Å². The highest BCUT2D eigenvalue weighted by Crippen LogP contribution is 2.21. The molecule has 0 aliphatic rings. The van der Waals surface area contributed by atoms with Crippen molar-refractivity contribution >= 4 is 37.3 Å². The second kappa shape index (κ2) is 3.72. The molecule has 0 bridgehead atoms. The summed E-state index contributed by atoms with van der Waals surface area (Å²) in [6.07, 6.45) is 0.800. The maximum Gasteiger partial charge on any atom is 0.337 e. The van der Waals surface area contributed by atoms with E-state index < -0.39 is 25.5 Å². The third-order valence-corrected chi connectivity index (χ3v) is 2.88. The quantitative estimate of drug-likeness (QED) is 0.637. The molecule has 1 aromatic heterocycles. The Balaban J connectivity index is 3.53. The number of carboxylic acid groups (broad SMARTS) is 1. The van der Waals surface area contributed by atoms with Crippen molar-refractivity contribution < 1.29 is 18.3 Å². The Hall–Kier alpha value is -0.850. The lowest BCUT2D eigenvalue weighted by Crippen LogP contribution is -2.05. The van der Waals surface area contributed by atoms with Crippen molar-refractivity contribution in [3.8, 4) is 0 Å². The number of halogens is 2. The summed E-state index contributed by atoms with van der Waals surface area (Å²) in [7, 11) is 0.861. The third-order valence-electron chi connectivity index (χ3n) is 1.33. The van der Waals surface area contributed by atoms with E-state index in [0.29, 0.717) is 0 Å². The van der Waals surface area contributed by atoms with Crippen molar-refractivity contribution in [3.63, 3.8) is 0 Å². The number of rotatable bonds is 2. The lowest BCUT2D eigenvalue weighted by Gasteiger charge is -2.01. The largest absolute Gasteiger partial charge is 0.478 e. The number of carboxylic acids is 1. The number of carbonyl (C=O) groups is 1. The molecule has 1 rings (SSSR count). The fourth-order valence-electron chi connectivity index (χ4n) is 0.779. The van der Waals surface area contributed by atoms with Crippen LogP contribution in [0.5, 0.6) is 0 Å². The summed E-state index contributed by atoms with van der Waals surface area (Å²) in [5.41, 5.74) is -0.500. The molecule has 0 saturated carbocycles. The van der Waals surface area contributed by atoms with Crippen LogP contribution in [-0.2, 0) is 9.05 Å². The Morgan fingerprint density at radius 2 is 2.07 bits per heavy atom. The Morgan fingerprint density at radius 1 is 1.50 bits per heavy atom. The Labute approximate surface area is 88.7 Å². The van der Waals surface area contributed by atoms with Gasteiger partial charge in [-0.2, -0.15) is 0 Å². The zero-order valence-corrected chi connectivity index (χ0v) is 8.77. The van der Waals surface area contributed by atoms with Crippen LogP contribution in [0.4, 0.5) is 0 Å². The van der Waals surface area contributed by atoms with E-state index in [1.807, 2.05) is 0 Å². The summed E-state index contributed by atoms with van der Waals surface area (Å²) in [5, 5.41) is 8.52. The smallest absolute Gasteiger partial charge is 0.337 e. The molecule has 0 amide bonds. The van der Waals surface area contributed by atoms with Crippen LogP contribution in [0.2, 0.25) is 5.15 Å². The molecule has 0 saturated heterocycles. The van der Waals surface area contributed by atoms with Crippen LogP contribution in [0.25, 0.3) is 0 Å². The lowest BCUT2D eigenvalue weighted by molar-refractivity contribution is 0.0692. The van der Waals surface area contributed by atoms with Gasteiger partial charge < -0.3 is 5.11 Å². The van der Waals surface area contributed by atoms with E-state index >= 15 is 0 Å². The van der Waals surface area contributed by atoms with Crippen LogP contribution in [0, 0.1) is 0 Å². The molecule has 8 heteroatoms. The molecule has 0 aliphatic carbocycles. The van der Waals surface area contributed by atoms with E-state index in [2.05, 4.69) is 4.98 Å². The van der Waals surface area contributed by atoms with Crippen molar-refractivity contribution in [1.82, 2.24) is 4.98 Å². The van der Waals surface area contributed by atoms with Crippen LogP contribution in [-0.4, -0.2) is 24.5 Å². The molecule has 1 aromatic rings. The molecule has 1 N–H and O–H groups in total. The van der Waals surface area contributed by atoms with E-state index in [-0.39, 0.29) is 5.15 Å². The van der Waals surface area contributed by atoms with Crippen LogP contribution < -0.4 is 0 Å². The number of pyridine rings is 1. The van der Waals surface area contributed by atoms with Gasteiger partial charge in [0.25, 0.3) is 9.05 Å². The van der Waals surface area contributed by atoms with Gasteiger partial charge in [0.2, 0.25) is 0 Å². The Kier molecular flexibility index (Phi) is 2.98. The summed E-state index contributed by atoms with van der Waals surface area (Å²) in [6.45, 7) is 0. The fraction of sp³-hybridized carbons (Fsp3) is 0. The number of nitrogens with zero attached hydrogens (tertiary/aromatic N) is 1. The first-order chi connectivity index (χ1) is 6.32. The molecule has 0 radical (unpaired) electrons. The van der Waals surface area contributed by atoms with Crippen molar-refractivity contribution in [2.45, 2.75) is 4.90 Å². The highest BCUT2D eigenvalue weighted by Gasteiger charge is 2.21. The number of aromatic carboxylic acids is 1. The molecule has 0 atom stereocenters. The molecule has 0 aromatic carbocycles. The van der Waals surface area contributed by atoms with E-state index in [1.165, 1.54) is 0 Å². The number of aromatic nitrogens is 1. The predicted octanol–water partition coefficient (Wildman–Crippen LogP) is 1.36. The summed E-state index contributed by atoms with van der Waals surface area (Å²) in [4.78, 5) is 13.5. The van der Waals surface area contributed by atoms with Gasteiger partial charge in [0, 0.05) is 16.9 Å². The summed E-state index contributed by atoms with van der Waals surface area (Å²) in [6, 6.07) is 0.916. The van der Waals surface area contributed by atoms with Gasteiger partial charge in [0.05, 0.1) is 5.56 Å². The first-order valence-corrected chi connectivity index (χ1v) is 5.84. The average molecular weight is 256 g/mol. The van der Waals surface area contributed by atoms with Crippen molar-refractivity contribution in [3.05, 3.63) is 23.0 Å². The fourth-order valence-corrected chi connectivity index (χ4v) is 1.89. The molecule has 14 heavy (non-hydrogen) atoms. The summed E-state index contributed by atoms with van der Waals surface area (Å²) < 4.78 is 21.8. The molecule has 0 spiro atoms. The maximum atomic E-state index is 10.9. The van der Waals surface area contributed by atoms with Crippen molar-refractivity contribution in [1.29, 1.82) is 0 Å². The molecule has 0 fully saturated rings. The first kappa shape index (κ1) is 11.2. The minimum atomic E-state index is -4.13. The normalized spacial score (nSPS) is 11.3. The monoisotopic (exact) mass is 255 g/mol. The molecule has 0 aliphatic heterocycles. The van der Waals surface area contributed by atoms with Crippen molar-refractivity contribution in [2.75, 3.05) is 0 Å². The van der Waals surface area contributed by atoms with Crippen LogP contribution >= 0.6 is 22.3 Å². The highest BCUT2D eigenvalue weighted by molar-refractivity contribution is 8.13. The molecule has 1 heterocycles. The molecule has 76 valence electrons. The van der Waals surface area contributed by atoms with Gasteiger partial charge in [-0.1, -0.05) is 11.6 Å². The van der Waals surface area contributed by atoms with Crippen molar-refractivity contribution in [2.24, 2.45) is 0 Å². The zero-order valence-electron chi connectivity index (χ0n) is 6.44. The summed E-state index contributed by atoms with van der Waals surface area (Å²) in [5.74, 6) is -1.44. The second-order valence-corrected chi connectivity index (χ2v) is 5.17. The minimum absolute atomic E-state index is 0.119. The topological polar surface area (TPSA) is 84.3 Å². The SMILES string of the molecule is O=C(O)c1cc(Cl)ncc1S(=O)(=O)Cl. The maximum absolute atomic E-state index is 10.9. The van der Waals surface area contributed by atoms with Gasteiger partial charge in [-0.05, 0) is 6.07 Å². The second-order valence-electron chi connectivity index (χ2n) is 2.25. The van der Waals surface area contributed by atoms with Crippen LogP contribution in [0.3, 0.4) is 0 Å². The van der Waals surface area contributed by atoms with Gasteiger partial charge in [-0.15, -0.1) is 0 Å². The van der Waals surface area contributed by atoms with Gasteiger partial charge in [-0.25, -0.2) is 18.2 Å². The van der Waals surface area contributed by atoms with E-state index in [4.69, 9.17) is 27.4 Å². The average Bonchev–Trinajstić information content (AvgIpc) is 2.01. The molecule has 0 unspecified atom stereocenters. The third kappa shape index (κ3) is 2.34. The van der Waals surface area contributed by atoms with Gasteiger partial charge in [0.1, 0.15) is 10.0 Å². The van der Waals surface area contributed by atoms with Crippen LogP contribution in [0.1, 0.15) is 10.4 Å². The van der Waals surface area contributed by atoms with E-state index in [1.54, 1.807) is 0 Å². The van der Waals surface area contributed by atoms with Gasteiger partial charge in [-0.3, -0.25) is 0 Å². The predicted molar refractivity (Wildman–Crippen MR) is 49.2 cm³/mol.